The summed E-state index contributed by atoms with van der Waals surface area (Å²) in [7, 11) is 0. The Morgan fingerprint density at radius 1 is 1.30 bits per heavy atom. The lowest BCUT2D eigenvalue weighted by molar-refractivity contribution is -0.114. The molecule has 0 aliphatic rings. The van der Waals surface area contributed by atoms with Crippen molar-refractivity contribution in [1.29, 1.82) is 5.26 Å². The molecular weight excluding hydrogens is 254 g/mol. The molecule has 0 saturated heterocycles. The molecule has 0 saturated carbocycles. The molecule has 0 aliphatic heterocycles. The van der Waals surface area contributed by atoms with Crippen molar-refractivity contribution in [3.8, 4) is 17.7 Å². The molecule has 1 N–H and O–H groups in total. The first-order chi connectivity index (χ1) is 9.67. The maximum absolute atomic E-state index is 10.9. The van der Waals surface area contributed by atoms with E-state index in [0.29, 0.717) is 23.7 Å². The van der Waals surface area contributed by atoms with Gasteiger partial charge in [-0.15, -0.1) is 0 Å². The highest BCUT2D eigenvalue weighted by Gasteiger charge is 2.01. The normalized spacial score (nSPS) is 9.60. The van der Waals surface area contributed by atoms with Gasteiger partial charge in [-0.1, -0.05) is 12.1 Å². The molecule has 5 nitrogen and oxygen atoms in total. The smallest absolute Gasteiger partial charge is 0.221 e. The Hall–Kier alpha value is -2.87. The second kappa shape index (κ2) is 6.34. The van der Waals surface area contributed by atoms with E-state index in [2.05, 4.69) is 16.4 Å². The molecule has 0 radical (unpaired) electrons. The fraction of sp³-hybridized carbons (Fsp3) is 0.133. The van der Waals surface area contributed by atoms with Crippen molar-refractivity contribution in [3.05, 3.63) is 48.2 Å². The highest BCUT2D eigenvalue weighted by atomic mass is 16.5. The minimum Gasteiger partial charge on any atom is -0.439 e. The molecule has 0 unspecified atom stereocenters. The first kappa shape index (κ1) is 13.6. The van der Waals surface area contributed by atoms with Crippen LogP contribution in [0.1, 0.15) is 12.5 Å². The molecule has 1 amide bonds. The number of aromatic nitrogens is 1. The van der Waals surface area contributed by atoms with Crippen molar-refractivity contribution in [1.82, 2.24) is 4.98 Å². The number of anilines is 1. The molecular formula is C15H13N3O2. The average molecular weight is 267 g/mol. The van der Waals surface area contributed by atoms with Gasteiger partial charge in [-0.25, -0.2) is 4.98 Å². The largest absolute Gasteiger partial charge is 0.439 e. The topological polar surface area (TPSA) is 75.0 Å². The summed E-state index contributed by atoms with van der Waals surface area (Å²) in [6, 6.07) is 12.7. The number of hydrogen-bond donors (Lipinski definition) is 1. The number of carbonyl (C=O) groups is 1. The summed E-state index contributed by atoms with van der Waals surface area (Å²) < 4.78 is 5.56. The number of pyridine rings is 1. The SMILES string of the molecule is CC(=O)Nc1ccc(Oc2ccc(CC#N)cc2)nc1. The van der Waals surface area contributed by atoms with Crippen molar-refractivity contribution in [2.45, 2.75) is 13.3 Å². The van der Waals surface area contributed by atoms with Gasteiger partial charge in [0, 0.05) is 13.0 Å². The van der Waals surface area contributed by atoms with Gasteiger partial charge < -0.3 is 10.1 Å². The molecule has 1 aromatic carbocycles. The molecule has 0 spiro atoms. The number of amides is 1. The van der Waals surface area contributed by atoms with Crippen molar-refractivity contribution in [2.24, 2.45) is 0 Å². The zero-order chi connectivity index (χ0) is 14.4. The Balaban J connectivity index is 2.02. The van der Waals surface area contributed by atoms with Crippen LogP contribution >= 0.6 is 0 Å². The van der Waals surface area contributed by atoms with Crippen LogP contribution in [-0.2, 0) is 11.2 Å². The van der Waals surface area contributed by atoms with Gasteiger partial charge >= 0.3 is 0 Å². The van der Waals surface area contributed by atoms with Gasteiger partial charge in [-0.2, -0.15) is 5.26 Å². The van der Waals surface area contributed by atoms with Crippen molar-refractivity contribution in [3.63, 3.8) is 0 Å². The van der Waals surface area contributed by atoms with Crippen LogP contribution in [0.2, 0.25) is 0 Å². The molecule has 2 rings (SSSR count). The number of hydrogen-bond acceptors (Lipinski definition) is 4. The van der Waals surface area contributed by atoms with E-state index in [-0.39, 0.29) is 5.91 Å². The number of benzene rings is 1. The highest BCUT2D eigenvalue weighted by Crippen LogP contribution is 2.21. The van der Waals surface area contributed by atoms with Gasteiger partial charge in [0.25, 0.3) is 0 Å². The van der Waals surface area contributed by atoms with E-state index >= 15 is 0 Å². The number of nitrogens with zero attached hydrogens (tertiary/aromatic N) is 2. The zero-order valence-electron chi connectivity index (χ0n) is 11.0. The highest BCUT2D eigenvalue weighted by molar-refractivity contribution is 5.88. The Morgan fingerprint density at radius 3 is 2.60 bits per heavy atom. The lowest BCUT2D eigenvalue weighted by Gasteiger charge is -2.06. The molecule has 100 valence electrons. The van der Waals surface area contributed by atoms with Crippen LogP contribution in [0.15, 0.2) is 42.6 Å². The number of nitrogens with one attached hydrogen (secondary N) is 1. The van der Waals surface area contributed by atoms with Gasteiger partial charge in [0.2, 0.25) is 11.8 Å². The van der Waals surface area contributed by atoms with Crippen LogP contribution in [0.4, 0.5) is 5.69 Å². The third-order valence-electron chi connectivity index (χ3n) is 2.49. The lowest BCUT2D eigenvalue weighted by atomic mass is 10.2. The maximum Gasteiger partial charge on any atom is 0.221 e. The maximum atomic E-state index is 10.9. The second-order valence-corrected chi connectivity index (χ2v) is 4.15. The number of carbonyl (C=O) groups excluding carboxylic acids is 1. The monoisotopic (exact) mass is 267 g/mol. The zero-order valence-corrected chi connectivity index (χ0v) is 11.0. The van der Waals surface area contributed by atoms with E-state index in [0.717, 1.165) is 5.56 Å². The predicted molar refractivity (Wildman–Crippen MR) is 74.4 cm³/mol. The summed E-state index contributed by atoms with van der Waals surface area (Å²) in [5.74, 6) is 0.937. The van der Waals surface area contributed by atoms with E-state index in [4.69, 9.17) is 10.00 Å². The van der Waals surface area contributed by atoms with E-state index in [1.54, 1.807) is 24.3 Å². The van der Waals surface area contributed by atoms with Crippen LogP contribution in [0, 0.1) is 11.3 Å². The van der Waals surface area contributed by atoms with Crippen LogP contribution < -0.4 is 10.1 Å². The van der Waals surface area contributed by atoms with E-state index < -0.39 is 0 Å². The standard InChI is InChI=1S/C15H13N3O2/c1-11(19)18-13-4-7-15(17-10-13)20-14-5-2-12(3-6-14)8-9-16/h2-7,10H,8H2,1H3,(H,18,19). The molecule has 1 aromatic heterocycles. The molecule has 1 heterocycles. The van der Waals surface area contributed by atoms with E-state index in [1.807, 2.05) is 12.1 Å². The Morgan fingerprint density at radius 2 is 2.05 bits per heavy atom. The quantitative estimate of drug-likeness (QED) is 0.924. The third kappa shape index (κ3) is 3.82. The number of nitriles is 1. The van der Waals surface area contributed by atoms with Crippen LogP contribution in [0.3, 0.4) is 0 Å². The first-order valence-corrected chi connectivity index (χ1v) is 6.05. The van der Waals surface area contributed by atoms with Crippen LogP contribution in [0.5, 0.6) is 11.6 Å². The average Bonchev–Trinajstić information content (AvgIpc) is 2.43. The Bertz CT molecular complexity index is 628. The van der Waals surface area contributed by atoms with Gasteiger partial charge in [-0.05, 0) is 23.8 Å². The molecule has 5 heteroatoms. The summed E-state index contributed by atoms with van der Waals surface area (Å²) in [6.45, 7) is 1.44. The van der Waals surface area contributed by atoms with E-state index in [1.165, 1.54) is 13.1 Å². The molecule has 0 aliphatic carbocycles. The van der Waals surface area contributed by atoms with Gasteiger partial charge in [0.15, 0.2) is 0 Å². The van der Waals surface area contributed by atoms with Crippen molar-refractivity contribution in [2.75, 3.05) is 5.32 Å². The minimum absolute atomic E-state index is 0.145. The lowest BCUT2D eigenvalue weighted by Crippen LogP contribution is -2.05. The predicted octanol–water partition coefficient (Wildman–Crippen LogP) is 2.90. The summed E-state index contributed by atoms with van der Waals surface area (Å²) >= 11 is 0. The van der Waals surface area contributed by atoms with Gasteiger partial charge in [-0.3, -0.25) is 4.79 Å². The van der Waals surface area contributed by atoms with E-state index in [9.17, 15) is 4.79 Å². The fourth-order valence-electron chi connectivity index (χ4n) is 1.61. The summed E-state index contributed by atoms with van der Waals surface area (Å²) in [4.78, 5) is 15.0. The second-order valence-electron chi connectivity index (χ2n) is 4.15. The first-order valence-electron chi connectivity index (χ1n) is 6.05. The molecule has 0 fully saturated rings. The third-order valence-corrected chi connectivity index (χ3v) is 2.49. The van der Waals surface area contributed by atoms with Gasteiger partial charge in [0.1, 0.15) is 5.75 Å². The Kier molecular flexibility index (Phi) is 4.30. The van der Waals surface area contributed by atoms with Crippen LogP contribution in [-0.4, -0.2) is 10.9 Å². The summed E-state index contributed by atoms with van der Waals surface area (Å²) in [6.07, 6.45) is 1.91. The van der Waals surface area contributed by atoms with Crippen molar-refractivity contribution >= 4 is 11.6 Å². The number of ether oxygens (including phenoxy) is 1. The minimum atomic E-state index is -0.145. The molecule has 20 heavy (non-hydrogen) atoms. The Labute approximate surface area is 116 Å². The fourth-order valence-corrected chi connectivity index (χ4v) is 1.61. The summed E-state index contributed by atoms with van der Waals surface area (Å²) in [5.41, 5.74) is 1.56. The van der Waals surface area contributed by atoms with Crippen LogP contribution in [0.25, 0.3) is 0 Å². The van der Waals surface area contributed by atoms with Crippen molar-refractivity contribution < 1.29 is 9.53 Å². The summed E-state index contributed by atoms with van der Waals surface area (Å²) in [5, 5.41) is 11.2. The molecule has 0 atom stereocenters. The molecule has 2 aromatic rings. The van der Waals surface area contributed by atoms with Gasteiger partial charge in [0.05, 0.1) is 24.4 Å². The number of rotatable bonds is 4. The molecule has 0 bridgehead atoms.